The van der Waals surface area contributed by atoms with Crippen LogP contribution < -0.4 is 5.23 Å². The number of rotatable bonds is 2. The Morgan fingerprint density at radius 3 is 2.57 bits per heavy atom. The summed E-state index contributed by atoms with van der Waals surface area (Å²) in [6.45, 7) is 0. The largest absolute Gasteiger partial charge is 0.595 e. The number of carbonyl (C=O) groups excluding carboxylic acids is 1. The number of ketones is 1. The number of allylic oxidation sites excluding steroid dienone is 1. The van der Waals surface area contributed by atoms with Crippen LogP contribution in [0, 0.1) is 5.21 Å². The molecule has 4 nitrogen and oxygen atoms in total. The van der Waals surface area contributed by atoms with Crippen molar-refractivity contribution in [1.29, 1.82) is 0 Å². The average Bonchev–Trinajstić information content (AvgIpc) is 2.51. The van der Waals surface area contributed by atoms with Crippen LogP contribution in [0.2, 0.25) is 0 Å². The lowest BCUT2D eigenvalue weighted by molar-refractivity contribution is -0.991. The molecule has 1 atom stereocenters. The van der Waals surface area contributed by atoms with Gasteiger partial charge in [0.25, 0.3) is 0 Å². The number of carbonyl (C=O) groups is 1. The van der Waals surface area contributed by atoms with Gasteiger partial charge in [0.05, 0.1) is 0 Å². The monoisotopic (exact) mass is 281 g/mol. The summed E-state index contributed by atoms with van der Waals surface area (Å²) in [6, 6.07) is 14.5. The van der Waals surface area contributed by atoms with E-state index in [1.54, 1.807) is 12.1 Å². The highest BCUT2D eigenvalue weighted by molar-refractivity contribution is 6.13. The molecule has 0 saturated heterocycles. The predicted molar refractivity (Wildman–Crippen MR) is 79.3 cm³/mol. The fourth-order valence-electron chi connectivity index (χ4n) is 2.58. The van der Waals surface area contributed by atoms with E-state index in [0.29, 0.717) is 12.0 Å². The molecule has 0 heterocycles. The normalized spacial score (nSPS) is 17.6. The van der Waals surface area contributed by atoms with Crippen LogP contribution in [0.4, 0.5) is 5.69 Å². The molecular weight excluding hydrogens is 266 g/mol. The molecule has 0 amide bonds. The van der Waals surface area contributed by atoms with Gasteiger partial charge in [-0.3, -0.25) is 4.79 Å². The van der Waals surface area contributed by atoms with Gasteiger partial charge in [-0.2, -0.15) is 5.23 Å². The van der Waals surface area contributed by atoms with Crippen molar-refractivity contribution in [3.63, 3.8) is 0 Å². The highest BCUT2D eigenvalue weighted by atomic mass is 16.8. The second-order valence-corrected chi connectivity index (χ2v) is 5.09. The standard InChI is InChI=1S/C17H15NO3/c19-17-14(10-12-4-2-1-3-5-12)7-6-13-8-9-15(18(20)21)11-16(13)17/h1-5,8-11,18,20H,6-7H2/b14-10-. The smallest absolute Gasteiger partial charge is 0.189 e. The Bertz CT molecular complexity index is 705. The third-order valence-electron chi connectivity index (χ3n) is 3.70. The van der Waals surface area contributed by atoms with Crippen LogP contribution in [-0.4, -0.2) is 11.0 Å². The first-order valence-corrected chi connectivity index (χ1v) is 6.82. The minimum absolute atomic E-state index is 0.0665. The summed E-state index contributed by atoms with van der Waals surface area (Å²) < 4.78 is 0. The van der Waals surface area contributed by atoms with Gasteiger partial charge in [0, 0.05) is 23.3 Å². The molecule has 0 saturated carbocycles. The number of aryl methyl sites for hydroxylation is 1. The lowest BCUT2D eigenvalue weighted by atomic mass is 9.86. The molecule has 2 aromatic carbocycles. The van der Waals surface area contributed by atoms with E-state index in [-0.39, 0.29) is 11.5 Å². The summed E-state index contributed by atoms with van der Waals surface area (Å²) in [5, 5.41) is 19.1. The fourth-order valence-corrected chi connectivity index (χ4v) is 2.58. The van der Waals surface area contributed by atoms with Gasteiger partial charge in [-0.05, 0) is 30.0 Å². The summed E-state index contributed by atoms with van der Waals surface area (Å²) in [4.78, 5) is 12.5. The van der Waals surface area contributed by atoms with Gasteiger partial charge in [-0.25, -0.2) is 5.21 Å². The van der Waals surface area contributed by atoms with Gasteiger partial charge in [0.2, 0.25) is 0 Å². The van der Waals surface area contributed by atoms with Crippen LogP contribution in [0.5, 0.6) is 0 Å². The van der Waals surface area contributed by atoms with E-state index in [1.807, 2.05) is 36.4 Å². The molecule has 106 valence electrons. The van der Waals surface area contributed by atoms with Crippen molar-refractivity contribution in [2.75, 3.05) is 0 Å². The highest BCUT2D eigenvalue weighted by Gasteiger charge is 2.23. The SMILES string of the molecule is O=C1/C(=C\c2ccccc2)CCc2ccc([NH+]([O-])O)cc21. The number of nitrogens with one attached hydrogen (secondary N) is 1. The Balaban J connectivity index is 1.98. The van der Waals surface area contributed by atoms with E-state index >= 15 is 0 Å². The van der Waals surface area contributed by atoms with Crippen LogP contribution in [0.1, 0.15) is 27.9 Å². The molecule has 0 aromatic heterocycles. The van der Waals surface area contributed by atoms with Crippen LogP contribution in [-0.2, 0) is 6.42 Å². The zero-order valence-electron chi connectivity index (χ0n) is 11.4. The van der Waals surface area contributed by atoms with Crippen molar-refractivity contribution >= 4 is 17.5 Å². The number of fused-ring (bicyclic) bond motifs is 1. The first-order valence-electron chi connectivity index (χ1n) is 6.82. The Labute approximate surface area is 122 Å². The molecule has 1 unspecified atom stereocenters. The third kappa shape index (κ3) is 2.78. The zero-order chi connectivity index (χ0) is 14.8. The lowest BCUT2D eigenvalue weighted by Gasteiger charge is -2.19. The molecule has 21 heavy (non-hydrogen) atoms. The minimum Gasteiger partial charge on any atom is -0.595 e. The number of hydrogen-bond donors (Lipinski definition) is 2. The van der Waals surface area contributed by atoms with E-state index in [0.717, 1.165) is 23.1 Å². The van der Waals surface area contributed by atoms with Gasteiger partial charge in [-0.1, -0.05) is 36.4 Å². The van der Waals surface area contributed by atoms with Gasteiger partial charge in [0.15, 0.2) is 11.5 Å². The Kier molecular flexibility index (Phi) is 3.66. The molecule has 0 spiro atoms. The summed E-state index contributed by atoms with van der Waals surface area (Å²) >= 11 is 0. The molecule has 2 N–H and O–H groups in total. The summed E-state index contributed by atoms with van der Waals surface area (Å²) in [7, 11) is 0. The number of Topliss-reactive ketones (excluding diaryl/α,β-unsaturated/α-hetero) is 1. The number of hydrogen-bond acceptors (Lipinski definition) is 3. The predicted octanol–water partition coefficient (Wildman–Crippen LogP) is 2.30. The quantitative estimate of drug-likeness (QED) is 0.656. The maximum atomic E-state index is 12.5. The summed E-state index contributed by atoms with van der Waals surface area (Å²) in [5.41, 5.74) is 3.32. The molecule has 3 rings (SSSR count). The fraction of sp³-hybridized carbons (Fsp3) is 0.118. The minimum atomic E-state index is -1.01. The molecule has 2 aromatic rings. The molecule has 1 aliphatic carbocycles. The van der Waals surface area contributed by atoms with Crippen LogP contribution in [0.25, 0.3) is 6.08 Å². The van der Waals surface area contributed by atoms with E-state index in [1.165, 1.54) is 6.07 Å². The molecule has 0 radical (unpaired) electrons. The van der Waals surface area contributed by atoms with Crippen LogP contribution >= 0.6 is 0 Å². The number of benzene rings is 2. The van der Waals surface area contributed by atoms with E-state index in [4.69, 9.17) is 5.21 Å². The molecule has 4 heteroatoms. The van der Waals surface area contributed by atoms with Gasteiger partial charge >= 0.3 is 0 Å². The Hall–Kier alpha value is -2.27. The summed E-state index contributed by atoms with van der Waals surface area (Å²) in [5.74, 6) is -0.0665. The van der Waals surface area contributed by atoms with Crippen molar-refractivity contribution in [2.45, 2.75) is 12.8 Å². The third-order valence-corrected chi connectivity index (χ3v) is 3.70. The maximum absolute atomic E-state index is 12.5. The first-order chi connectivity index (χ1) is 10.1. The summed E-state index contributed by atoms with van der Waals surface area (Å²) in [6.07, 6.45) is 3.34. The van der Waals surface area contributed by atoms with E-state index < -0.39 is 5.23 Å². The maximum Gasteiger partial charge on any atom is 0.189 e. The molecular formula is C17H15NO3. The molecule has 0 aliphatic heterocycles. The van der Waals surface area contributed by atoms with Crippen molar-refractivity contribution in [2.24, 2.45) is 0 Å². The van der Waals surface area contributed by atoms with Crippen LogP contribution in [0.3, 0.4) is 0 Å². The lowest BCUT2D eigenvalue weighted by Crippen LogP contribution is -2.99. The molecule has 0 bridgehead atoms. The van der Waals surface area contributed by atoms with Crippen molar-refractivity contribution in [1.82, 2.24) is 0 Å². The zero-order valence-corrected chi connectivity index (χ0v) is 11.4. The second kappa shape index (κ2) is 5.61. The van der Waals surface area contributed by atoms with Crippen molar-refractivity contribution < 1.29 is 15.2 Å². The topological polar surface area (TPSA) is 64.8 Å². The first kappa shape index (κ1) is 13.7. The molecule has 0 fully saturated rings. The van der Waals surface area contributed by atoms with Crippen LogP contribution in [0.15, 0.2) is 54.1 Å². The van der Waals surface area contributed by atoms with E-state index in [9.17, 15) is 10.0 Å². The number of quaternary nitrogens is 1. The molecule has 1 aliphatic rings. The van der Waals surface area contributed by atoms with Crippen molar-refractivity contribution in [3.05, 3.63) is 76.0 Å². The van der Waals surface area contributed by atoms with Gasteiger partial charge in [0.1, 0.15) is 0 Å². The Morgan fingerprint density at radius 2 is 1.86 bits per heavy atom. The van der Waals surface area contributed by atoms with Crippen molar-refractivity contribution in [3.8, 4) is 0 Å². The Morgan fingerprint density at radius 1 is 1.10 bits per heavy atom. The van der Waals surface area contributed by atoms with E-state index in [2.05, 4.69) is 0 Å². The second-order valence-electron chi connectivity index (χ2n) is 5.09. The average molecular weight is 281 g/mol. The highest BCUT2D eigenvalue weighted by Crippen LogP contribution is 2.28. The van der Waals surface area contributed by atoms with Gasteiger partial charge in [-0.15, -0.1) is 0 Å². The van der Waals surface area contributed by atoms with Gasteiger partial charge < -0.3 is 5.21 Å².